The average Bonchev–Trinajstić information content (AvgIpc) is 2.66. The first-order chi connectivity index (χ1) is 12.7. The van der Waals surface area contributed by atoms with Gasteiger partial charge in [0, 0.05) is 13.1 Å². The molecule has 1 aromatic carbocycles. The second-order valence-corrected chi connectivity index (χ2v) is 5.86. The van der Waals surface area contributed by atoms with Crippen molar-refractivity contribution in [2.24, 2.45) is 0 Å². The van der Waals surface area contributed by atoms with Crippen LogP contribution in [0.3, 0.4) is 0 Å². The Labute approximate surface area is 155 Å². The Bertz CT molecular complexity index is 497. The lowest BCUT2D eigenvalue weighted by atomic mass is 10.2. The van der Waals surface area contributed by atoms with Crippen LogP contribution >= 0.6 is 0 Å². The molecular formula is C19H31N3O4. The average molecular weight is 365 g/mol. The molecule has 0 bridgehead atoms. The minimum absolute atomic E-state index is 0.277. The highest BCUT2D eigenvalue weighted by Gasteiger charge is 2.02. The summed E-state index contributed by atoms with van der Waals surface area (Å²) in [6, 6.07) is 9.57. The van der Waals surface area contributed by atoms with Crippen LogP contribution in [0.4, 0.5) is 9.59 Å². The maximum Gasteiger partial charge on any atom is 0.407 e. The summed E-state index contributed by atoms with van der Waals surface area (Å²) in [5, 5.41) is 8.69. The third kappa shape index (κ3) is 12.1. The number of alkyl carbamates (subject to hydrolysis) is 2. The smallest absolute Gasteiger partial charge is 0.407 e. The van der Waals surface area contributed by atoms with Crippen LogP contribution in [0.1, 0.15) is 38.2 Å². The van der Waals surface area contributed by atoms with E-state index in [1.54, 1.807) is 0 Å². The number of rotatable bonds is 13. The molecule has 0 atom stereocenters. The van der Waals surface area contributed by atoms with Gasteiger partial charge >= 0.3 is 12.2 Å². The van der Waals surface area contributed by atoms with E-state index in [1.807, 2.05) is 30.3 Å². The summed E-state index contributed by atoms with van der Waals surface area (Å²) in [6.45, 7) is 5.54. The number of amides is 2. The van der Waals surface area contributed by atoms with Gasteiger partial charge in [-0.1, -0.05) is 43.7 Å². The summed E-state index contributed by atoms with van der Waals surface area (Å²) in [6.07, 6.45) is 2.79. The Morgan fingerprint density at radius 3 is 2.08 bits per heavy atom. The second kappa shape index (κ2) is 15.0. The van der Waals surface area contributed by atoms with Crippen LogP contribution in [-0.2, 0) is 16.1 Å². The van der Waals surface area contributed by atoms with Crippen molar-refractivity contribution in [1.29, 1.82) is 0 Å². The summed E-state index contributed by atoms with van der Waals surface area (Å²) in [4.78, 5) is 22.8. The van der Waals surface area contributed by atoms with Gasteiger partial charge in [-0.2, -0.15) is 0 Å². The first-order valence-corrected chi connectivity index (χ1v) is 9.28. The third-order valence-corrected chi connectivity index (χ3v) is 3.54. The first kappa shape index (κ1) is 21.8. The summed E-state index contributed by atoms with van der Waals surface area (Å²) in [5.41, 5.74) is 0.965. The van der Waals surface area contributed by atoms with Crippen LogP contribution in [0.5, 0.6) is 0 Å². The number of nitrogens with one attached hydrogen (secondary N) is 3. The zero-order valence-electron chi connectivity index (χ0n) is 15.6. The molecule has 0 aromatic heterocycles. The predicted octanol–water partition coefficient (Wildman–Crippen LogP) is 2.81. The number of unbranched alkanes of at least 4 members (excludes halogenated alkanes) is 1. The van der Waals surface area contributed by atoms with Crippen molar-refractivity contribution in [3.8, 4) is 0 Å². The summed E-state index contributed by atoms with van der Waals surface area (Å²) >= 11 is 0. The fourth-order valence-electron chi connectivity index (χ4n) is 2.07. The molecule has 3 N–H and O–H groups in total. The lowest BCUT2D eigenvalue weighted by molar-refractivity contribution is 0.139. The number of carbonyl (C=O) groups excluding carboxylic acids is 2. The number of benzene rings is 1. The van der Waals surface area contributed by atoms with Crippen LogP contribution in [0.25, 0.3) is 0 Å². The minimum atomic E-state index is -0.403. The van der Waals surface area contributed by atoms with E-state index in [0.29, 0.717) is 19.7 Å². The molecule has 2 amide bonds. The number of hydrogen-bond acceptors (Lipinski definition) is 5. The molecule has 0 aliphatic rings. The van der Waals surface area contributed by atoms with Gasteiger partial charge in [0.15, 0.2) is 0 Å². The van der Waals surface area contributed by atoms with E-state index in [-0.39, 0.29) is 12.7 Å². The zero-order valence-corrected chi connectivity index (χ0v) is 15.6. The van der Waals surface area contributed by atoms with Crippen LogP contribution in [-0.4, -0.2) is 45.0 Å². The predicted molar refractivity (Wildman–Crippen MR) is 101 cm³/mol. The number of hydrogen-bond donors (Lipinski definition) is 3. The molecule has 146 valence electrons. The van der Waals surface area contributed by atoms with Gasteiger partial charge in [0.2, 0.25) is 0 Å². The fourth-order valence-corrected chi connectivity index (χ4v) is 2.07. The fraction of sp³-hybridized carbons (Fsp3) is 0.579. The van der Waals surface area contributed by atoms with E-state index in [4.69, 9.17) is 9.47 Å². The monoisotopic (exact) mass is 365 g/mol. The van der Waals surface area contributed by atoms with Gasteiger partial charge in [0.1, 0.15) is 6.61 Å². The third-order valence-electron chi connectivity index (χ3n) is 3.54. The van der Waals surface area contributed by atoms with Crippen LogP contribution in [0.15, 0.2) is 30.3 Å². The van der Waals surface area contributed by atoms with Gasteiger partial charge < -0.3 is 25.4 Å². The highest BCUT2D eigenvalue weighted by Crippen LogP contribution is 2.00. The van der Waals surface area contributed by atoms with Crippen LogP contribution in [0.2, 0.25) is 0 Å². The Kier molecular flexibility index (Phi) is 12.6. The Morgan fingerprint density at radius 2 is 1.46 bits per heavy atom. The molecule has 7 nitrogen and oxygen atoms in total. The van der Waals surface area contributed by atoms with Crippen molar-refractivity contribution in [3.05, 3.63) is 35.9 Å². The summed E-state index contributed by atoms with van der Waals surface area (Å²) in [7, 11) is 0. The van der Waals surface area contributed by atoms with E-state index in [1.165, 1.54) is 0 Å². The Morgan fingerprint density at radius 1 is 0.846 bits per heavy atom. The molecule has 1 aromatic rings. The van der Waals surface area contributed by atoms with Crippen LogP contribution < -0.4 is 16.0 Å². The molecule has 0 unspecified atom stereocenters. The molecule has 0 saturated heterocycles. The van der Waals surface area contributed by atoms with E-state index < -0.39 is 6.09 Å². The topological polar surface area (TPSA) is 88.7 Å². The summed E-state index contributed by atoms with van der Waals surface area (Å²) in [5.74, 6) is 0. The van der Waals surface area contributed by atoms with E-state index in [0.717, 1.165) is 44.3 Å². The molecule has 0 spiro atoms. The number of ether oxygens (including phenoxy) is 2. The molecule has 0 aliphatic heterocycles. The van der Waals surface area contributed by atoms with E-state index in [2.05, 4.69) is 22.9 Å². The standard InChI is InChI=1S/C19H31N3O4/c1-2-3-15-25-18(23)21-13-7-11-20-12-8-14-22-19(24)26-16-17-9-5-4-6-10-17/h4-6,9-10,20H,2-3,7-8,11-16H2,1H3,(H,21,23)(H,22,24). The van der Waals surface area contributed by atoms with Crippen molar-refractivity contribution in [2.75, 3.05) is 32.8 Å². The van der Waals surface area contributed by atoms with Crippen molar-refractivity contribution in [1.82, 2.24) is 16.0 Å². The van der Waals surface area contributed by atoms with Crippen molar-refractivity contribution in [2.45, 2.75) is 39.2 Å². The SMILES string of the molecule is CCCCOC(=O)NCCCNCCCNC(=O)OCc1ccccc1. The van der Waals surface area contributed by atoms with Crippen molar-refractivity contribution >= 4 is 12.2 Å². The van der Waals surface area contributed by atoms with E-state index >= 15 is 0 Å². The molecule has 26 heavy (non-hydrogen) atoms. The van der Waals surface area contributed by atoms with E-state index in [9.17, 15) is 9.59 Å². The van der Waals surface area contributed by atoms with Gasteiger partial charge in [-0.3, -0.25) is 0 Å². The highest BCUT2D eigenvalue weighted by atomic mass is 16.6. The van der Waals surface area contributed by atoms with Crippen LogP contribution in [0, 0.1) is 0 Å². The first-order valence-electron chi connectivity index (χ1n) is 9.28. The summed E-state index contributed by atoms with van der Waals surface area (Å²) < 4.78 is 10.1. The van der Waals surface area contributed by atoms with Gasteiger partial charge in [-0.05, 0) is 37.9 Å². The molecule has 1 rings (SSSR count). The largest absolute Gasteiger partial charge is 0.450 e. The molecule has 0 fully saturated rings. The van der Waals surface area contributed by atoms with Gasteiger partial charge in [-0.25, -0.2) is 9.59 Å². The van der Waals surface area contributed by atoms with Crippen molar-refractivity contribution in [3.63, 3.8) is 0 Å². The van der Waals surface area contributed by atoms with Gasteiger partial charge in [-0.15, -0.1) is 0 Å². The lowest BCUT2D eigenvalue weighted by Crippen LogP contribution is -2.30. The zero-order chi connectivity index (χ0) is 18.9. The molecule has 7 heteroatoms. The second-order valence-electron chi connectivity index (χ2n) is 5.86. The maximum absolute atomic E-state index is 11.5. The minimum Gasteiger partial charge on any atom is -0.450 e. The van der Waals surface area contributed by atoms with Gasteiger partial charge in [0.05, 0.1) is 6.61 Å². The molecular weight excluding hydrogens is 334 g/mol. The Balaban J connectivity index is 1.85. The molecule has 0 radical (unpaired) electrons. The molecule has 0 aliphatic carbocycles. The quantitative estimate of drug-likeness (QED) is 0.468. The van der Waals surface area contributed by atoms with Crippen molar-refractivity contribution < 1.29 is 19.1 Å². The molecule has 0 heterocycles. The lowest BCUT2D eigenvalue weighted by Gasteiger charge is -2.08. The van der Waals surface area contributed by atoms with Gasteiger partial charge in [0.25, 0.3) is 0 Å². The maximum atomic E-state index is 11.5. The highest BCUT2D eigenvalue weighted by molar-refractivity contribution is 5.67. The number of carbonyl (C=O) groups is 2. The molecule has 0 saturated carbocycles. The normalized spacial score (nSPS) is 10.2. The Hall–Kier alpha value is -2.28.